The van der Waals surface area contributed by atoms with Crippen LogP contribution in [0.25, 0.3) is 0 Å². The molecule has 0 fully saturated rings. The van der Waals surface area contributed by atoms with Gasteiger partial charge in [0.1, 0.15) is 0 Å². The van der Waals surface area contributed by atoms with Gasteiger partial charge in [0.05, 0.1) is 0 Å². The lowest BCUT2D eigenvalue weighted by Gasteiger charge is -2.03. The number of hydrogen-bond donors (Lipinski definition) is 0. The second-order valence-electron chi connectivity index (χ2n) is 6.04. The molecule has 0 aliphatic rings. The Hall–Kier alpha value is 0.860. The minimum absolute atomic E-state index is 1.26. The van der Waals surface area contributed by atoms with Gasteiger partial charge in [0.15, 0.2) is 0 Å². The van der Waals surface area contributed by atoms with Crippen molar-refractivity contribution in [3.8, 4) is 0 Å². The lowest BCUT2D eigenvalue weighted by Crippen LogP contribution is -1.86. The molecule has 0 aliphatic heterocycles. The van der Waals surface area contributed by atoms with Crippen LogP contribution in [0.3, 0.4) is 0 Å². The summed E-state index contributed by atoms with van der Waals surface area (Å²) in [5.41, 5.74) is 0. The van der Waals surface area contributed by atoms with Gasteiger partial charge in [0.25, 0.3) is 0 Å². The van der Waals surface area contributed by atoms with Crippen LogP contribution in [-0.4, -0.2) is 24.6 Å². The molecule has 0 nitrogen and oxygen atoms in total. The van der Waals surface area contributed by atoms with Crippen molar-refractivity contribution >= 4 is 17.2 Å². The topological polar surface area (TPSA) is 0 Å². The third-order valence-electron chi connectivity index (χ3n) is 3.87. The zero-order chi connectivity index (χ0) is 14.7. The molecule has 2 unspecified atom stereocenters. The summed E-state index contributed by atoms with van der Waals surface area (Å²) in [5, 5.41) is 0. The third kappa shape index (κ3) is 18.9. The van der Waals surface area contributed by atoms with Gasteiger partial charge in [-0.3, -0.25) is 0 Å². The summed E-state index contributed by atoms with van der Waals surface area (Å²) in [4.78, 5) is 0. The van der Waals surface area contributed by atoms with E-state index < -0.39 is 0 Å². The van der Waals surface area contributed by atoms with E-state index in [2.05, 4.69) is 13.8 Å². The summed E-state index contributed by atoms with van der Waals surface area (Å²) in [6, 6.07) is 0. The van der Waals surface area contributed by atoms with Crippen LogP contribution in [0, 0.1) is 0 Å². The Kier molecular flexibility index (Phi) is 20.7. The Bertz CT molecular complexity index is 141. The molecule has 0 N–H and O–H groups in total. The third-order valence-corrected chi connectivity index (χ3v) is 6.70. The van der Waals surface area contributed by atoms with Crippen molar-refractivity contribution in [2.24, 2.45) is 0 Å². The van der Waals surface area contributed by atoms with Crippen LogP contribution in [0.4, 0.5) is 0 Å². The summed E-state index contributed by atoms with van der Waals surface area (Å²) < 4.78 is 0. The van der Waals surface area contributed by atoms with Crippen molar-refractivity contribution in [3.63, 3.8) is 0 Å². The van der Waals surface area contributed by atoms with E-state index in [1.54, 1.807) is 0 Å². The van der Waals surface area contributed by atoms with E-state index in [0.717, 1.165) is 0 Å². The average molecular weight is 318 g/mol. The Balaban J connectivity index is 2.89. The molecule has 0 rings (SSSR count). The maximum atomic E-state index is 2.30. The van der Waals surface area contributed by atoms with E-state index in [9.17, 15) is 0 Å². The molecule has 0 aromatic rings. The van der Waals surface area contributed by atoms with E-state index in [4.69, 9.17) is 0 Å². The molecule has 0 aliphatic carbocycles. The first-order chi connectivity index (χ1) is 9.91. The highest BCUT2D eigenvalue weighted by molar-refractivity contribution is 7.38. The molecule has 0 saturated heterocycles. The summed E-state index contributed by atoms with van der Waals surface area (Å²) in [5.74, 6) is 0. The van der Waals surface area contributed by atoms with Crippen LogP contribution in [0.1, 0.15) is 90.9 Å². The number of hydrogen-bond acceptors (Lipinski definition) is 0. The van der Waals surface area contributed by atoms with Gasteiger partial charge in [0.2, 0.25) is 0 Å². The second-order valence-corrected chi connectivity index (χ2v) is 9.04. The Morgan fingerprint density at radius 1 is 0.400 bits per heavy atom. The van der Waals surface area contributed by atoms with Gasteiger partial charge in [-0.05, 0) is 50.3 Å². The van der Waals surface area contributed by atoms with Crippen LogP contribution >= 0.6 is 17.2 Å². The largest absolute Gasteiger partial charge is 0.122 e. The molecule has 0 heterocycles. The summed E-state index contributed by atoms with van der Waals surface area (Å²) >= 11 is 0. The van der Waals surface area contributed by atoms with Gasteiger partial charge < -0.3 is 0 Å². The fourth-order valence-electron chi connectivity index (χ4n) is 2.46. The molecular weight excluding hydrogens is 278 g/mol. The lowest BCUT2D eigenvalue weighted by atomic mass is 10.2. The first-order valence-electron chi connectivity index (χ1n) is 9.33. The Labute approximate surface area is 133 Å². The van der Waals surface area contributed by atoms with Crippen LogP contribution in [0.2, 0.25) is 0 Å². The van der Waals surface area contributed by atoms with Crippen LogP contribution < -0.4 is 0 Å². The molecule has 0 amide bonds. The van der Waals surface area contributed by atoms with Gasteiger partial charge in [-0.2, -0.15) is 0 Å². The fraction of sp³-hybridized carbons (Fsp3) is 1.00. The first kappa shape index (κ1) is 20.9. The molecule has 2 heteroatoms. The highest BCUT2D eigenvalue weighted by Gasteiger charge is 1.94. The monoisotopic (exact) mass is 318 g/mol. The first-order valence-corrected chi connectivity index (χ1v) is 12.2. The van der Waals surface area contributed by atoms with Gasteiger partial charge in [-0.25, -0.2) is 0 Å². The SMILES string of the molecule is CCCCCCPCCCCCCPCCCCCC. The smallest absolute Gasteiger partial charge is 0.0353 e. The second kappa shape index (κ2) is 19.9. The predicted molar refractivity (Wildman–Crippen MR) is 103 cm³/mol. The molecule has 2 atom stereocenters. The van der Waals surface area contributed by atoms with E-state index in [-0.39, 0.29) is 0 Å². The molecule has 0 radical (unpaired) electrons. The molecule has 0 saturated carbocycles. The zero-order valence-electron chi connectivity index (χ0n) is 14.3. The molecule has 0 aromatic heterocycles. The van der Waals surface area contributed by atoms with E-state index in [1.165, 1.54) is 119 Å². The minimum Gasteiger partial charge on any atom is -0.122 e. The zero-order valence-corrected chi connectivity index (χ0v) is 16.3. The molecule has 0 spiro atoms. The van der Waals surface area contributed by atoms with Crippen LogP contribution in [0.15, 0.2) is 0 Å². The van der Waals surface area contributed by atoms with Crippen LogP contribution in [0.5, 0.6) is 0 Å². The average Bonchev–Trinajstić information content (AvgIpc) is 2.47. The summed E-state index contributed by atoms with van der Waals surface area (Å²) in [6.07, 6.45) is 23.7. The number of rotatable bonds is 17. The van der Waals surface area contributed by atoms with Crippen molar-refractivity contribution in [1.29, 1.82) is 0 Å². The van der Waals surface area contributed by atoms with Crippen molar-refractivity contribution in [1.82, 2.24) is 0 Å². The Morgan fingerprint density at radius 2 is 0.700 bits per heavy atom. The van der Waals surface area contributed by atoms with E-state index in [0.29, 0.717) is 0 Å². The Morgan fingerprint density at radius 3 is 1.00 bits per heavy atom. The number of unbranched alkanes of at least 4 members (excludes halogenated alkanes) is 9. The van der Waals surface area contributed by atoms with E-state index >= 15 is 0 Å². The van der Waals surface area contributed by atoms with Gasteiger partial charge in [0, 0.05) is 0 Å². The van der Waals surface area contributed by atoms with Gasteiger partial charge in [-0.1, -0.05) is 65.2 Å². The van der Waals surface area contributed by atoms with Crippen molar-refractivity contribution in [3.05, 3.63) is 0 Å². The summed E-state index contributed by atoms with van der Waals surface area (Å²) in [6.45, 7) is 4.60. The normalized spacial score (nSPS) is 12.3. The highest BCUT2D eigenvalue weighted by atomic mass is 31.1. The highest BCUT2D eigenvalue weighted by Crippen LogP contribution is 2.19. The minimum atomic E-state index is 1.26. The molecular formula is C18H40P2. The lowest BCUT2D eigenvalue weighted by molar-refractivity contribution is 0.696. The maximum absolute atomic E-state index is 2.30. The molecule has 122 valence electrons. The van der Waals surface area contributed by atoms with Crippen molar-refractivity contribution < 1.29 is 0 Å². The van der Waals surface area contributed by atoms with Gasteiger partial charge >= 0.3 is 0 Å². The maximum Gasteiger partial charge on any atom is -0.0353 e. The quantitative estimate of drug-likeness (QED) is 0.199. The van der Waals surface area contributed by atoms with Crippen LogP contribution in [-0.2, 0) is 0 Å². The van der Waals surface area contributed by atoms with Crippen molar-refractivity contribution in [2.45, 2.75) is 90.9 Å². The standard InChI is InChI=1S/C18H40P2/c1-3-5-7-11-15-19-17-13-9-10-14-18-20-16-12-8-6-4-2/h19-20H,3-18H2,1-2H3. The molecule has 0 bridgehead atoms. The summed E-state index contributed by atoms with van der Waals surface area (Å²) in [7, 11) is 2.51. The molecule has 0 aromatic carbocycles. The van der Waals surface area contributed by atoms with E-state index in [1.807, 2.05) is 0 Å². The fourth-order valence-corrected chi connectivity index (χ4v) is 4.96. The molecule has 20 heavy (non-hydrogen) atoms. The predicted octanol–water partition coefficient (Wildman–Crippen LogP) is 7.06. The van der Waals surface area contributed by atoms with Crippen molar-refractivity contribution in [2.75, 3.05) is 24.6 Å². The van der Waals surface area contributed by atoms with Gasteiger partial charge in [-0.15, -0.1) is 17.2 Å².